The van der Waals surface area contributed by atoms with Crippen LogP contribution in [0.2, 0.25) is 0 Å². The predicted molar refractivity (Wildman–Crippen MR) is 134 cm³/mol. The lowest BCUT2D eigenvalue weighted by Crippen LogP contribution is -2.55. The summed E-state index contributed by atoms with van der Waals surface area (Å²) in [4.78, 5) is 0. The molecule has 0 aromatic rings. The molecule has 4 aliphatic carbocycles. The lowest BCUT2D eigenvalue weighted by atomic mass is 9.46. The molecule has 0 aliphatic heterocycles. The molecule has 4 rings (SSSR count). The van der Waals surface area contributed by atoms with Crippen LogP contribution in [-0.4, -0.2) is 24.4 Å². The van der Waals surface area contributed by atoms with Gasteiger partial charge in [0.25, 0.3) is 0 Å². The van der Waals surface area contributed by atoms with Gasteiger partial charge in [-0.2, -0.15) is 0 Å². The Morgan fingerprint density at radius 2 is 1.78 bits per heavy atom. The Kier molecular flexibility index (Phi) is 7.25. The van der Waals surface area contributed by atoms with Gasteiger partial charge >= 0.3 is 0 Å². The molecule has 0 aromatic heterocycles. The second-order valence-corrected chi connectivity index (χ2v) is 13.2. The highest BCUT2D eigenvalue weighted by Crippen LogP contribution is 2.67. The summed E-state index contributed by atoms with van der Waals surface area (Å²) < 4.78 is 6.20. The van der Waals surface area contributed by atoms with Crippen LogP contribution in [0.25, 0.3) is 0 Å². The first-order valence-electron chi connectivity index (χ1n) is 14.1. The number of aliphatic hydroxyl groups is 1. The average molecular weight is 445 g/mol. The van der Waals surface area contributed by atoms with Crippen molar-refractivity contribution in [1.82, 2.24) is 0 Å². The van der Waals surface area contributed by atoms with Crippen LogP contribution in [0.15, 0.2) is 11.6 Å². The maximum absolute atomic E-state index is 10.4. The first-order chi connectivity index (χ1) is 15.2. The first-order valence-corrected chi connectivity index (χ1v) is 14.1. The van der Waals surface area contributed by atoms with Gasteiger partial charge < -0.3 is 9.84 Å². The number of rotatable bonds is 7. The van der Waals surface area contributed by atoms with Crippen molar-refractivity contribution in [3.63, 3.8) is 0 Å². The topological polar surface area (TPSA) is 29.5 Å². The molecule has 3 saturated carbocycles. The van der Waals surface area contributed by atoms with Crippen molar-refractivity contribution in [3.8, 4) is 0 Å². The second-order valence-electron chi connectivity index (χ2n) is 13.2. The number of methoxy groups -OCH3 is 1. The van der Waals surface area contributed by atoms with E-state index in [9.17, 15) is 5.11 Å². The van der Waals surface area contributed by atoms with Gasteiger partial charge in [0.1, 0.15) is 0 Å². The fourth-order valence-electron chi connectivity index (χ4n) is 9.49. The van der Waals surface area contributed by atoms with E-state index < -0.39 is 0 Å². The van der Waals surface area contributed by atoms with Crippen molar-refractivity contribution >= 4 is 0 Å². The van der Waals surface area contributed by atoms with E-state index in [4.69, 9.17) is 4.74 Å². The lowest BCUT2D eigenvalue weighted by Gasteiger charge is -2.60. The Morgan fingerprint density at radius 1 is 1.03 bits per heavy atom. The maximum atomic E-state index is 10.4. The van der Waals surface area contributed by atoms with E-state index in [1.807, 2.05) is 7.11 Å². The molecule has 1 N–H and O–H groups in total. The second kappa shape index (κ2) is 9.37. The van der Waals surface area contributed by atoms with Crippen LogP contribution >= 0.6 is 0 Å². The Hall–Kier alpha value is -0.340. The monoisotopic (exact) mass is 444 g/mol. The lowest BCUT2D eigenvalue weighted by molar-refractivity contribution is -0.106. The van der Waals surface area contributed by atoms with E-state index >= 15 is 0 Å². The van der Waals surface area contributed by atoms with E-state index in [0.29, 0.717) is 11.3 Å². The largest absolute Gasteiger partial charge is 0.393 e. The minimum Gasteiger partial charge on any atom is -0.393 e. The normalized spacial score (nSPS) is 45.6. The van der Waals surface area contributed by atoms with Crippen LogP contribution in [0, 0.1) is 52.3 Å². The third-order valence-corrected chi connectivity index (χ3v) is 11.6. The highest BCUT2D eigenvalue weighted by atomic mass is 16.5. The van der Waals surface area contributed by atoms with Gasteiger partial charge in [0.2, 0.25) is 0 Å². The van der Waals surface area contributed by atoms with Crippen LogP contribution in [0.5, 0.6) is 0 Å². The fourth-order valence-corrected chi connectivity index (χ4v) is 9.49. The van der Waals surface area contributed by atoms with Gasteiger partial charge in [0.15, 0.2) is 0 Å². The molecule has 2 heteroatoms. The van der Waals surface area contributed by atoms with E-state index in [1.54, 1.807) is 0 Å². The summed E-state index contributed by atoms with van der Waals surface area (Å²) in [5.74, 6) is 5.62. The van der Waals surface area contributed by atoms with E-state index in [2.05, 4.69) is 47.6 Å². The Bertz CT molecular complexity index is 682. The van der Waals surface area contributed by atoms with Gasteiger partial charge in [-0.15, -0.1) is 0 Å². The quantitative estimate of drug-likeness (QED) is 0.409. The van der Waals surface area contributed by atoms with Crippen molar-refractivity contribution in [2.45, 2.75) is 118 Å². The molecular formula is C30H52O2. The van der Waals surface area contributed by atoms with Crippen molar-refractivity contribution in [1.29, 1.82) is 0 Å². The van der Waals surface area contributed by atoms with Gasteiger partial charge in [-0.1, -0.05) is 66.0 Å². The molecule has 0 heterocycles. The first kappa shape index (κ1) is 24.8. The number of hydrogen-bond donors (Lipinski definition) is 1. The molecular weight excluding hydrogens is 392 g/mol. The highest BCUT2D eigenvalue weighted by Gasteiger charge is 2.61. The molecule has 10 atom stereocenters. The van der Waals surface area contributed by atoms with Gasteiger partial charge in [-0.25, -0.2) is 0 Å². The molecule has 3 fully saturated rings. The molecule has 32 heavy (non-hydrogen) atoms. The van der Waals surface area contributed by atoms with Crippen LogP contribution in [0.3, 0.4) is 0 Å². The number of hydrogen-bond acceptors (Lipinski definition) is 2. The molecule has 0 bridgehead atoms. The van der Waals surface area contributed by atoms with E-state index in [0.717, 1.165) is 54.8 Å². The van der Waals surface area contributed by atoms with Gasteiger partial charge in [-0.3, -0.25) is 0 Å². The van der Waals surface area contributed by atoms with E-state index in [1.165, 1.54) is 50.5 Å². The van der Waals surface area contributed by atoms with Gasteiger partial charge in [0.05, 0.1) is 12.2 Å². The van der Waals surface area contributed by atoms with Gasteiger partial charge in [0, 0.05) is 7.11 Å². The Balaban J connectivity index is 1.54. The van der Waals surface area contributed by atoms with Crippen molar-refractivity contribution in [2.24, 2.45) is 52.3 Å². The van der Waals surface area contributed by atoms with Crippen LogP contribution in [-0.2, 0) is 4.74 Å². The minimum atomic E-state index is -0.147. The molecule has 4 aliphatic rings. The fraction of sp³-hybridized carbons (Fsp3) is 0.933. The highest BCUT2D eigenvalue weighted by molar-refractivity contribution is 5.28. The van der Waals surface area contributed by atoms with Crippen LogP contribution < -0.4 is 0 Å². The average Bonchev–Trinajstić information content (AvgIpc) is 3.11. The minimum absolute atomic E-state index is 0.147. The number of ether oxygens (including phenoxy) is 1. The smallest absolute Gasteiger partial charge is 0.0788 e. The molecule has 0 spiro atoms. The predicted octanol–water partition coefficient (Wildman–Crippen LogP) is 7.65. The molecule has 0 unspecified atom stereocenters. The zero-order chi connectivity index (χ0) is 23.3. The van der Waals surface area contributed by atoms with Crippen molar-refractivity contribution < 1.29 is 9.84 Å². The molecule has 0 amide bonds. The molecule has 184 valence electrons. The van der Waals surface area contributed by atoms with Crippen molar-refractivity contribution in [2.75, 3.05) is 7.11 Å². The summed E-state index contributed by atoms with van der Waals surface area (Å²) in [5.41, 5.74) is 2.28. The SMILES string of the molecule is CC[C@@H](CC[C@@H](C)[C@H]1CC[C@H]2[C@@H]3[C@@H](OC)C=C4C[C@@H](O)CC[C@]4(C)[C@H]3CC[C@]12C)C(C)C. The molecule has 0 radical (unpaired) electrons. The number of aliphatic hydroxyl groups excluding tert-OH is 1. The number of fused-ring (bicyclic) bond motifs is 5. The Morgan fingerprint density at radius 3 is 2.44 bits per heavy atom. The summed E-state index contributed by atoms with van der Waals surface area (Å²) >= 11 is 0. The third kappa shape index (κ3) is 4.04. The van der Waals surface area contributed by atoms with E-state index in [-0.39, 0.29) is 17.6 Å². The zero-order valence-corrected chi connectivity index (χ0v) is 22.2. The zero-order valence-electron chi connectivity index (χ0n) is 22.2. The van der Waals surface area contributed by atoms with Gasteiger partial charge in [-0.05, 0) is 104 Å². The summed E-state index contributed by atoms with van der Waals surface area (Å²) in [6, 6.07) is 0. The summed E-state index contributed by atoms with van der Waals surface area (Å²) in [6.07, 6.45) is 15.3. The third-order valence-electron chi connectivity index (χ3n) is 11.6. The summed E-state index contributed by atoms with van der Waals surface area (Å²) in [6.45, 7) is 15.0. The molecule has 2 nitrogen and oxygen atoms in total. The molecule has 0 saturated heterocycles. The Labute approximate surface area is 199 Å². The van der Waals surface area contributed by atoms with Crippen molar-refractivity contribution in [3.05, 3.63) is 11.6 Å². The summed E-state index contributed by atoms with van der Waals surface area (Å²) in [5, 5.41) is 10.4. The summed E-state index contributed by atoms with van der Waals surface area (Å²) in [7, 11) is 1.93. The molecule has 0 aromatic carbocycles. The van der Waals surface area contributed by atoms with Crippen LogP contribution in [0.1, 0.15) is 106 Å². The standard InChI is InChI=1S/C30H52O2/c1-8-21(19(2)3)10-9-20(4)24-11-12-25-28-26(14-16-30(24,25)6)29(5)15-13-23(31)17-22(29)18-27(28)32-7/h18-21,23-28,31H,8-17H2,1-7H3/t20-,21+,23+,24-,25+,26+,27+,28+,29+,30-/m1/s1. The van der Waals surface area contributed by atoms with Crippen LogP contribution in [0.4, 0.5) is 0 Å². The maximum Gasteiger partial charge on any atom is 0.0788 e.